The number of methoxy groups -OCH3 is 1. The average Bonchev–Trinajstić information content (AvgIpc) is 3.09. The fourth-order valence-corrected chi connectivity index (χ4v) is 5.14. The van der Waals surface area contributed by atoms with Gasteiger partial charge < -0.3 is 34.9 Å². The molecule has 3 amide bonds. The smallest absolute Gasteiger partial charge is 0.452 e. The Morgan fingerprint density at radius 2 is 1.33 bits per heavy atom. The molecule has 0 heterocycles. The molecule has 0 aliphatic heterocycles. The number of hydrogen-bond donors (Lipinski definition) is 3. The van der Waals surface area contributed by atoms with E-state index < -0.39 is 71.9 Å². The molecule has 3 aromatic rings. The molecule has 0 fully saturated rings. The maximum atomic E-state index is 13.9. The lowest BCUT2D eigenvalue weighted by Gasteiger charge is -2.27. The van der Waals surface area contributed by atoms with Crippen molar-refractivity contribution < 1.29 is 56.1 Å². The Hall–Kier alpha value is -5.31. The first-order chi connectivity index (χ1) is 25.2. The van der Waals surface area contributed by atoms with Crippen LogP contribution in [0.3, 0.4) is 0 Å². The van der Waals surface area contributed by atoms with Gasteiger partial charge >= 0.3 is 12.1 Å². The number of carbonyl (C=O) groups is 5. The van der Waals surface area contributed by atoms with Crippen LogP contribution in [0.1, 0.15) is 51.8 Å². The normalized spacial score (nSPS) is 13.2. The Morgan fingerprint density at radius 3 is 1.85 bits per heavy atom. The van der Waals surface area contributed by atoms with Crippen LogP contribution in [-0.2, 0) is 35.1 Å². The van der Waals surface area contributed by atoms with E-state index in [-0.39, 0.29) is 24.3 Å². The van der Waals surface area contributed by atoms with Crippen molar-refractivity contribution in [3.8, 4) is 17.2 Å². The summed E-state index contributed by atoms with van der Waals surface area (Å²) in [5, 5.41) is 7.60. The molecule has 12 nitrogen and oxygen atoms in total. The lowest BCUT2D eigenvalue weighted by molar-refractivity contribution is -0.175. The summed E-state index contributed by atoms with van der Waals surface area (Å²) in [6, 6.07) is 13.4. The fourth-order valence-electron chi connectivity index (χ4n) is 4.93. The predicted molar refractivity (Wildman–Crippen MR) is 192 cm³/mol. The van der Waals surface area contributed by atoms with E-state index in [2.05, 4.69) is 16.0 Å². The molecule has 0 spiro atoms. The summed E-state index contributed by atoms with van der Waals surface area (Å²) in [7, 11) is 1.41. The first-order valence-electron chi connectivity index (χ1n) is 16.7. The molecule has 0 aliphatic carbocycles. The molecule has 3 atom stereocenters. The van der Waals surface area contributed by atoms with E-state index >= 15 is 0 Å². The van der Waals surface area contributed by atoms with Crippen LogP contribution in [0.5, 0.6) is 17.2 Å². The van der Waals surface area contributed by atoms with Crippen LogP contribution in [0.4, 0.5) is 13.2 Å². The summed E-state index contributed by atoms with van der Waals surface area (Å²) in [6.45, 7) is 7.00. The molecule has 3 rings (SSSR count). The third kappa shape index (κ3) is 13.9. The van der Waals surface area contributed by atoms with E-state index in [9.17, 15) is 37.1 Å². The molecule has 0 bridgehead atoms. The minimum absolute atomic E-state index is 0.111. The third-order valence-electron chi connectivity index (χ3n) is 7.48. The molecule has 16 heteroatoms. The van der Waals surface area contributed by atoms with Gasteiger partial charge in [0.2, 0.25) is 11.8 Å². The number of nitrogens with one attached hydrogen (secondary N) is 3. The van der Waals surface area contributed by atoms with Crippen LogP contribution in [-0.4, -0.2) is 73.7 Å². The van der Waals surface area contributed by atoms with E-state index in [1.54, 1.807) is 45.0 Å². The van der Waals surface area contributed by atoms with E-state index in [4.69, 9.17) is 30.5 Å². The van der Waals surface area contributed by atoms with Gasteiger partial charge in [0.1, 0.15) is 34.9 Å². The summed E-state index contributed by atoms with van der Waals surface area (Å²) in [6.07, 6.45) is -5.34. The second-order valence-electron chi connectivity index (χ2n) is 13.4. The van der Waals surface area contributed by atoms with Gasteiger partial charge in [-0.2, -0.15) is 13.2 Å². The van der Waals surface area contributed by atoms with Crippen LogP contribution in [0.15, 0.2) is 72.8 Å². The summed E-state index contributed by atoms with van der Waals surface area (Å²) in [5.74, 6) is -5.37. The number of carbonyl (C=O) groups excluding carboxylic acids is 5. The lowest BCUT2D eigenvalue weighted by atomic mass is 9.97. The summed E-state index contributed by atoms with van der Waals surface area (Å²) < 4.78 is 61.6. The number of esters is 1. The van der Waals surface area contributed by atoms with Crippen molar-refractivity contribution in [2.24, 2.45) is 5.92 Å². The van der Waals surface area contributed by atoms with E-state index in [0.717, 1.165) is 0 Å². The monoisotopic (exact) mass is 777 g/mol. The zero-order valence-electron chi connectivity index (χ0n) is 30.5. The molecule has 3 aromatic carbocycles. The number of amides is 3. The van der Waals surface area contributed by atoms with Gasteiger partial charge in [0, 0.05) is 11.4 Å². The van der Waals surface area contributed by atoms with Crippen molar-refractivity contribution in [2.75, 3.05) is 20.3 Å². The van der Waals surface area contributed by atoms with Gasteiger partial charge in [-0.15, -0.1) is 0 Å². The Labute approximate surface area is 316 Å². The third-order valence-corrected chi connectivity index (χ3v) is 7.71. The van der Waals surface area contributed by atoms with Gasteiger partial charge in [-0.25, -0.2) is 4.79 Å². The minimum Gasteiger partial charge on any atom is -0.497 e. The zero-order chi connectivity index (χ0) is 40.2. The molecule has 54 heavy (non-hydrogen) atoms. The molecule has 3 N–H and O–H groups in total. The lowest BCUT2D eigenvalue weighted by Crippen LogP contribution is -2.55. The van der Waals surface area contributed by atoms with Crippen LogP contribution >= 0.6 is 11.6 Å². The van der Waals surface area contributed by atoms with Crippen molar-refractivity contribution in [3.05, 3.63) is 88.9 Å². The number of alkyl halides is 3. The predicted octanol–water partition coefficient (Wildman–Crippen LogP) is 5.31. The minimum atomic E-state index is -5.23. The molecule has 0 saturated heterocycles. The van der Waals surface area contributed by atoms with Crippen LogP contribution in [0.2, 0.25) is 5.02 Å². The summed E-state index contributed by atoms with van der Waals surface area (Å²) in [4.78, 5) is 64.8. The molecule has 0 saturated carbocycles. The van der Waals surface area contributed by atoms with Gasteiger partial charge in [-0.1, -0.05) is 49.7 Å². The molecule has 292 valence electrons. The summed E-state index contributed by atoms with van der Waals surface area (Å²) in [5.41, 5.74) is 0.0165. The summed E-state index contributed by atoms with van der Waals surface area (Å²) >= 11 is 6.15. The standard InChI is InChI=1S/C38H43ClF3N3O9/c1-22(2)32(34(48)38(40,41)42)44-36(50)33(24-10-12-26(51-6)13-11-24)45-35(49)29(19-23-8-7-9-25(39)18-23)43-30(46)20-52-27-14-16-28(17-15-27)53-21-31(47)54-37(3,4)5/h7-18,22,29,32-33H,19-21H2,1-6H3,(H,43,46)(H,44,50)(H,45,49). The van der Waals surface area contributed by atoms with Crippen molar-refractivity contribution in [1.29, 1.82) is 0 Å². The van der Waals surface area contributed by atoms with Crippen LogP contribution < -0.4 is 30.2 Å². The number of rotatable bonds is 17. The maximum absolute atomic E-state index is 13.9. The number of halogens is 4. The molecular weight excluding hydrogens is 735 g/mol. The van der Waals surface area contributed by atoms with Gasteiger partial charge in [-0.05, 0) is 86.3 Å². The Bertz CT molecular complexity index is 1760. The average molecular weight is 778 g/mol. The Morgan fingerprint density at radius 1 is 0.759 bits per heavy atom. The highest BCUT2D eigenvalue weighted by molar-refractivity contribution is 6.30. The largest absolute Gasteiger partial charge is 0.497 e. The van der Waals surface area contributed by atoms with Gasteiger partial charge in [-0.3, -0.25) is 19.2 Å². The topological polar surface area (TPSA) is 158 Å². The Balaban J connectivity index is 1.80. The highest BCUT2D eigenvalue weighted by atomic mass is 35.5. The quantitative estimate of drug-likeness (QED) is 0.155. The van der Waals surface area contributed by atoms with Gasteiger partial charge in [0.15, 0.2) is 13.2 Å². The van der Waals surface area contributed by atoms with E-state index in [1.165, 1.54) is 69.5 Å². The highest BCUT2D eigenvalue weighted by Gasteiger charge is 2.45. The van der Waals surface area contributed by atoms with Crippen molar-refractivity contribution in [2.45, 2.75) is 70.9 Å². The highest BCUT2D eigenvalue weighted by Crippen LogP contribution is 2.24. The molecule has 3 unspecified atom stereocenters. The second kappa shape index (κ2) is 19.1. The number of Topliss-reactive ketones (excluding diaryl/α,β-unsaturated/α-hetero) is 1. The number of ether oxygens (including phenoxy) is 4. The van der Waals surface area contributed by atoms with Gasteiger partial charge in [0.25, 0.3) is 11.7 Å². The fraction of sp³-hybridized carbons (Fsp3) is 0.395. The first kappa shape index (κ1) is 43.1. The first-order valence-corrected chi connectivity index (χ1v) is 17.1. The molecule has 0 aromatic heterocycles. The van der Waals surface area contributed by atoms with Crippen molar-refractivity contribution in [1.82, 2.24) is 16.0 Å². The maximum Gasteiger partial charge on any atom is 0.452 e. The van der Waals surface area contributed by atoms with Gasteiger partial charge in [0.05, 0.1) is 13.2 Å². The van der Waals surface area contributed by atoms with E-state index in [0.29, 0.717) is 22.1 Å². The Kier molecular flexibility index (Phi) is 15.3. The van der Waals surface area contributed by atoms with Crippen LogP contribution in [0, 0.1) is 5.92 Å². The van der Waals surface area contributed by atoms with Crippen molar-refractivity contribution in [3.63, 3.8) is 0 Å². The second-order valence-corrected chi connectivity index (χ2v) is 13.8. The zero-order valence-corrected chi connectivity index (χ0v) is 31.3. The van der Waals surface area contributed by atoms with Crippen LogP contribution in [0.25, 0.3) is 0 Å². The number of benzene rings is 3. The number of hydrogen-bond acceptors (Lipinski definition) is 9. The molecular formula is C38H43ClF3N3O9. The molecule has 0 aliphatic rings. The van der Waals surface area contributed by atoms with Crippen molar-refractivity contribution >= 4 is 41.1 Å². The number of ketones is 1. The van der Waals surface area contributed by atoms with E-state index in [1.807, 2.05) is 0 Å². The SMILES string of the molecule is COc1ccc(C(NC(=O)C(Cc2cccc(Cl)c2)NC(=O)COc2ccc(OCC(=O)OC(C)(C)C)cc2)C(=O)NC(C(=O)C(F)(F)F)C(C)C)cc1. The molecule has 0 radical (unpaired) electrons.